The van der Waals surface area contributed by atoms with Crippen LogP contribution in [-0.4, -0.2) is 34.8 Å². The van der Waals surface area contributed by atoms with Crippen molar-refractivity contribution in [2.24, 2.45) is 0 Å². The molecule has 0 aliphatic carbocycles. The molecule has 1 aromatic heterocycles. The minimum Gasteiger partial charge on any atom is -0.333 e. The molecule has 1 N–H and O–H groups in total. The Morgan fingerprint density at radius 2 is 2.25 bits per heavy atom. The Bertz CT molecular complexity index is 485. The summed E-state index contributed by atoms with van der Waals surface area (Å²) < 4.78 is 0. The third kappa shape index (κ3) is 4.03. The number of carbonyl (C=O) groups is 2. The largest absolute Gasteiger partial charge is 0.333 e. The Labute approximate surface area is 123 Å². The van der Waals surface area contributed by atoms with Gasteiger partial charge in [-0.1, -0.05) is 20.3 Å². The highest BCUT2D eigenvalue weighted by Gasteiger charge is 2.19. The highest BCUT2D eigenvalue weighted by molar-refractivity contribution is 7.13. The van der Waals surface area contributed by atoms with Crippen LogP contribution in [0.15, 0.2) is 5.38 Å². The molecule has 6 heteroatoms. The molecule has 20 heavy (non-hydrogen) atoms. The number of carbonyl (C=O) groups excluding carboxylic acids is 2. The molecule has 0 aromatic carbocycles. The zero-order chi connectivity index (χ0) is 14.5. The zero-order valence-corrected chi connectivity index (χ0v) is 12.8. The molecule has 0 spiro atoms. The normalized spacial score (nSPS) is 16.4. The van der Waals surface area contributed by atoms with Crippen LogP contribution in [0.3, 0.4) is 0 Å². The van der Waals surface area contributed by atoms with Crippen LogP contribution >= 0.6 is 11.3 Å². The van der Waals surface area contributed by atoms with Crippen molar-refractivity contribution in [2.75, 3.05) is 18.4 Å². The third-order valence-electron chi connectivity index (χ3n) is 3.37. The molecule has 110 valence electrons. The standard InChI is InChI=1S/C14H21N3O2S/c1-10(2)11-9-20-14(15-11)16-12(18)8-17-7-5-3-4-6-13(17)19/h9-10H,3-8H2,1-2H3,(H,15,16,18). The fourth-order valence-corrected chi connectivity index (χ4v) is 3.03. The minimum atomic E-state index is -0.162. The van der Waals surface area contributed by atoms with Crippen molar-refractivity contribution in [2.45, 2.75) is 45.4 Å². The summed E-state index contributed by atoms with van der Waals surface area (Å²) in [6.07, 6.45) is 3.53. The average molecular weight is 295 g/mol. The van der Waals surface area contributed by atoms with Gasteiger partial charge in [0.15, 0.2) is 5.13 Å². The SMILES string of the molecule is CC(C)c1csc(NC(=O)CN2CCCCCC2=O)n1. The van der Waals surface area contributed by atoms with Crippen molar-refractivity contribution in [3.8, 4) is 0 Å². The lowest BCUT2D eigenvalue weighted by Crippen LogP contribution is -2.37. The Morgan fingerprint density at radius 3 is 2.95 bits per heavy atom. The van der Waals surface area contributed by atoms with Crippen LogP contribution in [0.25, 0.3) is 0 Å². The van der Waals surface area contributed by atoms with Gasteiger partial charge in [0.25, 0.3) is 0 Å². The van der Waals surface area contributed by atoms with Gasteiger partial charge in [-0.3, -0.25) is 9.59 Å². The lowest BCUT2D eigenvalue weighted by molar-refractivity contribution is -0.134. The van der Waals surface area contributed by atoms with E-state index in [9.17, 15) is 9.59 Å². The molecule has 0 atom stereocenters. The van der Waals surface area contributed by atoms with Gasteiger partial charge < -0.3 is 10.2 Å². The predicted molar refractivity (Wildman–Crippen MR) is 79.9 cm³/mol. The van der Waals surface area contributed by atoms with E-state index in [1.165, 1.54) is 11.3 Å². The van der Waals surface area contributed by atoms with Gasteiger partial charge >= 0.3 is 0 Å². The number of aromatic nitrogens is 1. The smallest absolute Gasteiger partial charge is 0.245 e. The molecule has 0 bridgehead atoms. The maximum Gasteiger partial charge on any atom is 0.245 e. The first-order chi connectivity index (χ1) is 9.56. The lowest BCUT2D eigenvalue weighted by Gasteiger charge is -2.19. The van der Waals surface area contributed by atoms with Crippen LogP contribution in [0.4, 0.5) is 5.13 Å². The molecule has 1 aromatic rings. The van der Waals surface area contributed by atoms with E-state index in [4.69, 9.17) is 0 Å². The van der Waals surface area contributed by atoms with Gasteiger partial charge in [0.2, 0.25) is 11.8 Å². The zero-order valence-electron chi connectivity index (χ0n) is 12.0. The van der Waals surface area contributed by atoms with E-state index in [0.29, 0.717) is 24.0 Å². The number of hydrogen-bond acceptors (Lipinski definition) is 4. The first kappa shape index (κ1) is 15.0. The molecule has 5 nitrogen and oxygen atoms in total. The van der Waals surface area contributed by atoms with Crippen LogP contribution in [0, 0.1) is 0 Å². The highest BCUT2D eigenvalue weighted by atomic mass is 32.1. The number of nitrogens with zero attached hydrogens (tertiary/aromatic N) is 2. The lowest BCUT2D eigenvalue weighted by atomic mass is 10.2. The average Bonchev–Trinajstić information content (AvgIpc) is 2.76. The maximum atomic E-state index is 12.0. The first-order valence-electron chi connectivity index (χ1n) is 7.09. The number of thiazole rings is 1. The van der Waals surface area contributed by atoms with Crippen LogP contribution in [0.5, 0.6) is 0 Å². The van der Waals surface area contributed by atoms with Crippen LogP contribution in [0.2, 0.25) is 0 Å². The monoisotopic (exact) mass is 295 g/mol. The van der Waals surface area contributed by atoms with Gasteiger partial charge in [0, 0.05) is 18.3 Å². The second kappa shape index (κ2) is 6.83. The summed E-state index contributed by atoms with van der Waals surface area (Å²) in [4.78, 5) is 29.8. The van der Waals surface area contributed by atoms with Crippen molar-refractivity contribution in [1.82, 2.24) is 9.88 Å². The summed E-state index contributed by atoms with van der Waals surface area (Å²) in [5.74, 6) is 0.272. The quantitative estimate of drug-likeness (QED) is 0.928. The van der Waals surface area contributed by atoms with Gasteiger partial charge in [-0.25, -0.2) is 4.98 Å². The Morgan fingerprint density at radius 1 is 1.45 bits per heavy atom. The van der Waals surface area contributed by atoms with E-state index in [0.717, 1.165) is 25.0 Å². The second-order valence-electron chi connectivity index (χ2n) is 5.41. The summed E-state index contributed by atoms with van der Waals surface area (Å²) in [5, 5.41) is 5.35. The van der Waals surface area contributed by atoms with E-state index in [1.807, 2.05) is 5.38 Å². The van der Waals surface area contributed by atoms with E-state index in [2.05, 4.69) is 24.1 Å². The van der Waals surface area contributed by atoms with E-state index >= 15 is 0 Å². The molecule has 0 saturated carbocycles. The van der Waals surface area contributed by atoms with Crippen molar-refractivity contribution in [3.05, 3.63) is 11.1 Å². The number of amides is 2. The Hall–Kier alpha value is -1.43. The van der Waals surface area contributed by atoms with Gasteiger partial charge in [0.05, 0.1) is 12.2 Å². The van der Waals surface area contributed by atoms with Crippen LogP contribution < -0.4 is 5.32 Å². The van der Waals surface area contributed by atoms with Crippen molar-refractivity contribution < 1.29 is 9.59 Å². The van der Waals surface area contributed by atoms with E-state index < -0.39 is 0 Å². The fourth-order valence-electron chi connectivity index (χ4n) is 2.15. The van der Waals surface area contributed by atoms with Gasteiger partial charge in [-0.15, -0.1) is 11.3 Å². The molecule has 2 heterocycles. The molecule has 1 saturated heterocycles. The number of hydrogen-bond donors (Lipinski definition) is 1. The van der Waals surface area contributed by atoms with Crippen LogP contribution in [-0.2, 0) is 9.59 Å². The predicted octanol–water partition coefficient (Wildman–Crippen LogP) is 2.61. The second-order valence-corrected chi connectivity index (χ2v) is 6.26. The molecule has 2 amide bonds. The Kier molecular flexibility index (Phi) is 5.11. The highest BCUT2D eigenvalue weighted by Crippen LogP contribution is 2.21. The number of likely N-dealkylation sites (tertiary alicyclic amines) is 1. The van der Waals surface area contributed by atoms with Crippen molar-refractivity contribution in [3.63, 3.8) is 0 Å². The third-order valence-corrected chi connectivity index (χ3v) is 4.14. The maximum absolute atomic E-state index is 12.0. The van der Waals surface area contributed by atoms with Gasteiger partial charge in [-0.05, 0) is 18.8 Å². The summed E-state index contributed by atoms with van der Waals surface area (Å²) in [6.45, 7) is 4.95. The summed E-state index contributed by atoms with van der Waals surface area (Å²) in [7, 11) is 0. The molecule has 0 unspecified atom stereocenters. The van der Waals surface area contributed by atoms with Crippen molar-refractivity contribution >= 4 is 28.3 Å². The molecule has 1 aliphatic heterocycles. The van der Waals surface area contributed by atoms with Gasteiger partial charge in [-0.2, -0.15) is 0 Å². The summed E-state index contributed by atoms with van der Waals surface area (Å²) in [6, 6.07) is 0. The van der Waals surface area contributed by atoms with Crippen molar-refractivity contribution in [1.29, 1.82) is 0 Å². The fraction of sp³-hybridized carbons (Fsp3) is 0.643. The first-order valence-corrected chi connectivity index (χ1v) is 7.97. The van der Waals surface area contributed by atoms with E-state index in [1.54, 1.807) is 4.90 Å². The van der Waals surface area contributed by atoms with Gasteiger partial charge in [0.1, 0.15) is 0 Å². The van der Waals surface area contributed by atoms with E-state index in [-0.39, 0.29) is 18.4 Å². The molecule has 1 fully saturated rings. The molecular weight excluding hydrogens is 274 g/mol. The molecule has 2 rings (SSSR count). The molecule has 1 aliphatic rings. The summed E-state index contributed by atoms with van der Waals surface area (Å²) in [5.41, 5.74) is 0.983. The summed E-state index contributed by atoms with van der Waals surface area (Å²) >= 11 is 1.43. The topological polar surface area (TPSA) is 62.3 Å². The number of rotatable bonds is 4. The molecule has 0 radical (unpaired) electrons. The Balaban J connectivity index is 1.89. The van der Waals surface area contributed by atoms with Crippen LogP contribution in [0.1, 0.15) is 51.1 Å². The number of anilines is 1. The molecular formula is C14H21N3O2S. The number of nitrogens with one attached hydrogen (secondary N) is 1. The minimum absolute atomic E-state index is 0.0830.